The standard InChI is InChI=1S/C7H10N2O6/c10-6(1-3-8(12)13)5-7(11)2-4-9(14)15/h1-5H2. The van der Waals surface area contributed by atoms with E-state index in [9.17, 15) is 29.8 Å². The number of ketones is 2. The molecule has 0 aliphatic carbocycles. The average Bonchev–Trinajstić information content (AvgIpc) is 2.11. The maximum Gasteiger partial charge on any atom is 0.210 e. The molecule has 0 atom stereocenters. The molecule has 0 amide bonds. The minimum atomic E-state index is -0.653. The van der Waals surface area contributed by atoms with Gasteiger partial charge in [-0.25, -0.2) is 0 Å². The summed E-state index contributed by atoms with van der Waals surface area (Å²) in [6.45, 7) is -1.03. The van der Waals surface area contributed by atoms with Crippen LogP contribution in [0.15, 0.2) is 0 Å². The molecule has 0 spiro atoms. The topological polar surface area (TPSA) is 120 Å². The SMILES string of the molecule is O=C(CC[N+](=O)[O-])CC(=O)CC[N+](=O)[O-]. The summed E-state index contributed by atoms with van der Waals surface area (Å²) >= 11 is 0. The summed E-state index contributed by atoms with van der Waals surface area (Å²) in [5.74, 6) is -1.11. The molecule has 0 bridgehead atoms. The summed E-state index contributed by atoms with van der Waals surface area (Å²) in [5, 5.41) is 19.8. The van der Waals surface area contributed by atoms with Crippen LogP contribution in [0.3, 0.4) is 0 Å². The second kappa shape index (κ2) is 6.57. The van der Waals surface area contributed by atoms with Gasteiger partial charge >= 0.3 is 0 Å². The van der Waals surface area contributed by atoms with E-state index in [-0.39, 0.29) is 12.8 Å². The molecule has 0 heterocycles. The summed E-state index contributed by atoms with van der Waals surface area (Å²) in [6.07, 6.45) is -1.07. The first-order valence-corrected chi connectivity index (χ1v) is 4.19. The summed E-state index contributed by atoms with van der Waals surface area (Å²) in [4.78, 5) is 40.3. The fourth-order valence-electron chi connectivity index (χ4n) is 0.829. The van der Waals surface area contributed by atoms with Gasteiger partial charge in [0.2, 0.25) is 13.1 Å². The predicted octanol–water partition coefficient (Wildman–Crippen LogP) is -0.152. The van der Waals surface area contributed by atoms with E-state index in [1.807, 2.05) is 0 Å². The van der Waals surface area contributed by atoms with Crippen molar-refractivity contribution in [3.63, 3.8) is 0 Å². The van der Waals surface area contributed by atoms with Crippen molar-refractivity contribution >= 4 is 11.6 Å². The van der Waals surface area contributed by atoms with Crippen LogP contribution in [0.2, 0.25) is 0 Å². The Morgan fingerprint density at radius 3 is 1.47 bits per heavy atom. The van der Waals surface area contributed by atoms with Gasteiger partial charge < -0.3 is 0 Å². The average molecular weight is 218 g/mol. The third-order valence-electron chi connectivity index (χ3n) is 1.54. The molecule has 0 saturated carbocycles. The largest absolute Gasteiger partial charge is 0.299 e. The number of hydrogen-bond donors (Lipinski definition) is 0. The minimum absolute atomic E-state index is 0.308. The molecule has 0 aromatic heterocycles. The van der Waals surface area contributed by atoms with Gasteiger partial charge in [0.15, 0.2) is 0 Å². The van der Waals surface area contributed by atoms with Gasteiger partial charge in [-0.05, 0) is 0 Å². The van der Waals surface area contributed by atoms with E-state index in [0.717, 1.165) is 0 Å². The van der Waals surface area contributed by atoms with Crippen LogP contribution in [0.5, 0.6) is 0 Å². The number of carbonyl (C=O) groups is 2. The van der Waals surface area contributed by atoms with Crippen molar-refractivity contribution in [3.05, 3.63) is 20.2 Å². The lowest BCUT2D eigenvalue weighted by atomic mass is 10.1. The van der Waals surface area contributed by atoms with Gasteiger partial charge in [-0.2, -0.15) is 0 Å². The van der Waals surface area contributed by atoms with Crippen LogP contribution in [-0.4, -0.2) is 34.5 Å². The van der Waals surface area contributed by atoms with Crippen LogP contribution in [0.25, 0.3) is 0 Å². The molecular formula is C7H10N2O6. The molecule has 0 radical (unpaired) electrons. The first kappa shape index (κ1) is 13.1. The van der Waals surface area contributed by atoms with Gasteiger partial charge in [-0.1, -0.05) is 0 Å². The zero-order chi connectivity index (χ0) is 11.8. The van der Waals surface area contributed by atoms with Crippen molar-refractivity contribution in [2.45, 2.75) is 19.3 Å². The molecule has 0 rings (SSSR count). The van der Waals surface area contributed by atoms with E-state index >= 15 is 0 Å². The Kier molecular flexibility index (Phi) is 5.76. The summed E-state index contributed by atoms with van der Waals surface area (Å²) in [5.41, 5.74) is 0. The molecule has 8 nitrogen and oxygen atoms in total. The zero-order valence-corrected chi connectivity index (χ0v) is 7.88. The molecular weight excluding hydrogens is 208 g/mol. The van der Waals surface area contributed by atoms with E-state index in [1.54, 1.807) is 0 Å². The van der Waals surface area contributed by atoms with E-state index in [2.05, 4.69) is 0 Å². The highest BCUT2D eigenvalue weighted by Gasteiger charge is 2.13. The number of hydrogen-bond acceptors (Lipinski definition) is 6. The number of nitrogens with zero attached hydrogens (tertiary/aromatic N) is 2. The minimum Gasteiger partial charge on any atom is -0.299 e. The van der Waals surface area contributed by atoms with Crippen molar-refractivity contribution in [2.75, 3.05) is 13.1 Å². The highest BCUT2D eigenvalue weighted by atomic mass is 16.6. The highest BCUT2D eigenvalue weighted by Crippen LogP contribution is 1.96. The van der Waals surface area contributed by atoms with Crippen molar-refractivity contribution < 1.29 is 19.4 Å². The molecule has 0 aliphatic rings. The molecule has 0 aliphatic heterocycles. The van der Waals surface area contributed by atoms with Gasteiger partial charge in [-0.15, -0.1) is 0 Å². The van der Waals surface area contributed by atoms with Crippen molar-refractivity contribution in [1.29, 1.82) is 0 Å². The second-order valence-corrected chi connectivity index (χ2v) is 2.87. The van der Waals surface area contributed by atoms with Crippen LogP contribution < -0.4 is 0 Å². The zero-order valence-electron chi connectivity index (χ0n) is 7.88. The first-order valence-electron chi connectivity index (χ1n) is 4.19. The van der Waals surface area contributed by atoms with Gasteiger partial charge in [0.05, 0.1) is 19.3 Å². The Morgan fingerprint density at radius 2 is 1.20 bits per heavy atom. The normalized spacial score (nSPS) is 9.60. The summed E-state index contributed by atoms with van der Waals surface area (Å²) in [6, 6.07) is 0. The highest BCUT2D eigenvalue weighted by molar-refractivity contribution is 5.99. The lowest BCUT2D eigenvalue weighted by Crippen LogP contribution is -2.15. The van der Waals surface area contributed by atoms with Crippen LogP contribution in [-0.2, 0) is 9.59 Å². The Hall–Kier alpha value is -1.86. The molecule has 84 valence electrons. The van der Waals surface area contributed by atoms with Crippen LogP contribution in [0.4, 0.5) is 0 Å². The lowest BCUT2D eigenvalue weighted by molar-refractivity contribution is -0.478. The number of nitro groups is 2. The quantitative estimate of drug-likeness (QED) is 0.317. The lowest BCUT2D eigenvalue weighted by Gasteiger charge is -1.96. The molecule has 0 saturated heterocycles. The van der Waals surface area contributed by atoms with E-state index in [0.29, 0.717) is 0 Å². The van der Waals surface area contributed by atoms with Crippen molar-refractivity contribution in [2.24, 2.45) is 0 Å². The maximum absolute atomic E-state index is 10.9. The molecule has 0 aromatic rings. The van der Waals surface area contributed by atoms with Gasteiger partial charge in [0.1, 0.15) is 11.6 Å². The molecule has 0 unspecified atom stereocenters. The molecule has 0 fully saturated rings. The fraction of sp³-hybridized carbons (Fsp3) is 0.714. The Balaban J connectivity index is 3.71. The molecule has 8 heteroatoms. The molecule has 0 N–H and O–H groups in total. The summed E-state index contributed by atoms with van der Waals surface area (Å²) < 4.78 is 0. The smallest absolute Gasteiger partial charge is 0.210 e. The van der Waals surface area contributed by atoms with E-state index < -0.39 is 40.9 Å². The van der Waals surface area contributed by atoms with Gasteiger partial charge in [-0.3, -0.25) is 29.8 Å². The Morgan fingerprint density at radius 1 is 0.867 bits per heavy atom. The van der Waals surface area contributed by atoms with E-state index in [1.165, 1.54) is 0 Å². The number of rotatable bonds is 8. The molecule has 15 heavy (non-hydrogen) atoms. The summed E-state index contributed by atoms with van der Waals surface area (Å²) in [7, 11) is 0. The van der Waals surface area contributed by atoms with Gasteiger partial charge in [0, 0.05) is 9.85 Å². The van der Waals surface area contributed by atoms with Crippen LogP contribution >= 0.6 is 0 Å². The monoisotopic (exact) mass is 218 g/mol. The third-order valence-corrected chi connectivity index (χ3v) is 1.54. The predicted molar refractivity (Wildman–Crippen MR) is 47.6 cm³/mol. The fourth-order valence-corrected chi connectivity index (χ4v) is 0.829. The van der Waals surface area contributed by atoms with Gasteiger partial charge in [0.25, 0.3) is 0 Å². The second-order valence-electron chi connectivity index (χ2n) is 2.87. The van der Waals surface area contributed by atoms with Crippen molar-refractivity contribution in [3.8, 4) is 0 Å². The number of carbonyl (C=O) groups excluding carboxylic acids is 2. The van der Waals surface area contributed by atoms with E-state index in [4.69, 9.17) is 0 Å². The van der Waals surface area contributed by atoms with Crippen LogP contribution in [0, 0.1) is 20.2 Å². The van der Waals surface area contributed by atoms with Crippen LogP contribution in [0.1, 0.15) is 19.3 Å². The number of Topliss-reactive ketones (excluding diaryl/α,β-unsaturated/α-hetero) is 2. The molecule has 0 aromatic carbocycles. The Bertz CT molecular complexity index is 259. The Labute approximate surface area is 84.6 Å². The third kappa shape index (κ3) is 8.47. The maximum atomic E-state index is 10.9. The first-order chi connectivity index (χ1) is 6.91. The van der Waals surface area contributed by atoms with Crippen molar-refractivity contribution in [1.82, 2.24) is 0 Å².